The van der Waals surface area contributed by atoms with Gasteiger partial charge in [-0.05, 0) is 75.2 Å². The second-order valence-electron chi connectivity index (χ2n) is 6.09. The van der Waals surface area contributed by atoms with Crippen LogP contribution in [0, 0.1) is 19.8 Å². The minimum Gasteiger partial charge on any atom is -0.330 e. The van der Waals surface area contributed by atoms with Gasteiger partial charge in [0.15, 0.2) is 0 Å². The lowest BCUT2D eigenvalue weighted by Gasteiger charge is -2.33. The average molecular weight is 260 g/mol. The molecule has 1 atom stereocenters. The van der Waals surface area contributed by atoms with Crippen LogP contribution in [0.2, 0.25) is 0 Å². The van der Waals surface area contributed by atoms with E-state index in [1.807, 2.05) is 0 Å². The minimum atomic E-state index is 0.841. The Bertz CT molecular complexity index is 400. The van der Waals surface area contributed by atoms with Crippen molar-refractivity contribution in [3.8, 4) is 0 Å². The SMILES string of the molecule is Cc1ccc(CN2CCCC(CCCN)C2)cc1C. The van der Waals surface area contributed by atoms with Crippen LogP contribution in [0.4, 0.5) is 0 Å². The molecule has 0 aliphatic carbocycles. The molecule has 19 heavy (non-hydrogen) atoms. The van der Waals surface area contributed by atoms with Crippen molar-refractivity contribution in [3.05, 3.63) is 34.9 Å². The standard InChI is InChI=1S/C17H28N2/c1-14-7-8-17(11-15(14)2)13-19-10-4-6-16(12-19)5-3-9-18/h7-8,11,16H,3-6,9-10,12-13,18H2,1-2H3. The highest BCUT2D eigenvalue weighted by molar-refractivity contribution is 5.29. The van der Waals surface area contributed by atoms with Gasteiger partial charge in [0.1, 0.15) is 0 Å². The highest BCUT2D eigenvalue weighted by Gasteiger charge is 2.19. The van der Waals surface area contributed by atoms with E-state index in [4.69, 9.17) is 5.73 Å². The number of piperidine rings is 1. The first-order valence-electron chi connectivity index (χ1n) is 7.67. The Kier molecular flexibility index (Phi) is 5.41. The summed E-state index contributed by atoms with van der Waals surface area (Å²) < 4.78 is 0. The van der Waals surface area contributed by atoms with Crippen molar-refractivity contribution in [3.63, 3.8) is 0 Å². The zero-order valence-corrected chi connectivity index (χ0v) is 12.5. The number of nitrogens with zero attached hydrogens (tertiary/aromatic N) is 1. The van der Waals surface area contributed by atoms with Gasteiger partial charge in [-0.15, -0.1) is 0 Å². The molecule has 2 N–H and O–H groups in total. The average Bonchev–Trinajstić information content (AvgIpc) is 2.41. The van der Waals surface area contributed by atoms with Gasteiger partial charge in [-0.3, -0.25) is 4.90 Å². The zero-order valence-electron chi connectivity index (χ0n) is 12.5. The van der Waals surface area contributed by atoms with Crippen molar-refractivity contribution in [2.75, 3.05) is 19.6 Å². The lowest BCUT2D eigenvalue weighted by atomic mass is 9.93. The van der Waals surface area contributed by atoms with Gasteiger partial charge in [0, 0.05) is 13.1 Å². The molecule has 1 aromatic rings. The number of aryl methyl sites for hydroxylation is 2. The molecule has 0 aromatic heterocycles. The topological polar surface area (TPSA) is 29.3 Å². The van der Waals surface area contributed by atoms with Crippen LogP contribution >= 0.6 is 0 Å². The van der Waals surface area contributed by atoms with E-state index in [-0.39, 0.29) is 0 Å². The van der Waals surface area contributed by atoms with Crippen molar-refractivity contribution in [1.29, 1.82) is 0 Å². The van der Waals surface area contributed by atoms with Crippen LogP contribution in [0.3, 0.4) is 0 Å². The van der Waals surface area contributed by atoms with E-state index in [2.05, 4.69) is 36.9 Å². The van der Waals surface area contributed by atoms with E-state index in [0.717, 1.165) is 19.0 Å². The molecule has 1 unspecified atom stereocenters. The summed E-state index contributed by atoms with van der Waals surface area (Å²) in [6.45, 7) is 8.86. The second kappa shape index (κ2) is 7.06. The van der Waals surface area contributed by atoms with Crippen molar-refractivity contribution in [2.24, 2.45) is 11.7 Å². The molecule has 1 aromatic carbocycles. The Balaban J connectivity index is 1.89. The van der Waals surface area contributed by atoms with Crippen molar-refractivity contribution in [1.82, 2.24) is 4.90 Å². The van der Waals surface area contributed by atoms with Gasteiger partial charge in [-0.1, -0.05) is 18.2 Å². The highest BCUT2D eigenvalue weighted by Crippen LogP contribution is 2.22. The predicted molar refractivity (Wildman–Crippen MR) is 82.2 cm³/mol. The molecule has 0 saturated carbocycles. The molecular formula is C17H28N2. The summed E-state index contributed by atoms with van der Waals surface area (Å²) in [5, 5.41) is 0. The molecule has 2 rings (SSSR count). The number of likely N-dealkylation sites (tertiary alicyclic amines) is 1. The third-order valence-corrected chi connectivity index (χ3v) is 4.40. The van der Waals surface area contributed by atoms with Crippen LogP contribution in [0.15, 0.2) is 18.2 Å². The minimum absolute atomic E-state index is 0.841. The molecule has 1 saturated heterocycles. The maximum absolute atomic E-state index is 5.62. The van der Waals surface area contributed by atoms with Gasteiger partial charge in [0.2, 0.25) is 0 Å². The number of nitrogens with two attached hydrogens (primary N) is 1. The second-order valence-corrected chi connectivity index (χ2v) is 6.09. The number of rotatable bonds is 5. The summed E-state index contributed by atoms with van der Waals surface area (Å²) in [4.78, 5) is 2.62. The molecule has 0 spiro atoms. The third-order valence-electron chi connectivity index (χ3n) is 4.40. The van der Waals surface area contributed by atoms with Gasteiger partial charge in [-0.25, -0.2) is 0 Å². The van der Waals surface area contributed by atoms with Gasteiger partial charge >= 0.3 is 0 Å². The van der Waals surface area contributed by atoms with E-state index < -0.39 is 0 Å². The van der Waals surface area contributed by atoms with Crippen LogP contribution < -0.4 is 5.73 Å². The normalized spacial score (nSPS) is 20.7. The zero-order chi connectivity index (χ0) is 13.7. The van der Waals surface area contributed by atoms with Crippen LogP contribution in [-0.2, 0) is 6.54 Å². The molecule has 106 valence electrons. The molecule has 1 aliphatic rings. The van der Waals surface area contributed by atoms with E-state index in [1.54, 1.807) is 0 Å². The summed E-state index contributed by atoms with van der Waals surface area (Å²) in [7, 11) is 0. The Morgan fingerprint density at radius 2 is 2.11 bits per heavy atom. The quantitative estimate of drug-likeness (QED) is 0.880. The lowest BCUT2D eigenvalue weighted by molar-refractivity contribution is 0.160. The fourth-order valence-corrected chi connectivity index (χ4v) is 3.10. The fourth-order valence-electron chi connectivity index (χ4n) is 3.10. The number of hydrogen-bond donors (Lipinski definition) is 1. The van der Waals surface area contributed by atoms with Crippen LogP contribution in [0.5, 0.6) is 0 Å². The first kappa shape index (κ1) is 14.5. The molecule has 0 radical (unpaired) electrons. The number of benzene rings is 1. The first-order chi connectivity index (χ1) is 9.19. The first-order valence-corrected chi connectivity index (χ1v) is 7.67. The predicted octanol–water partition coefficient (Wildman–Crippen LogP) is 3.25. The molecular weight excluding hydrogens is 232 g/mol. The summed E-state index contributed by atoms with van der Waals surface area (Å²) in [5.41, 5.74) is 9.88. The van der Waals surface area contributed by atoms with Crippen LogP contribution in [0.25, 0.3) is 0 Å². The summed E-state index contributed by atoms with van der Waals surface area (Å²) in [6.07, 6.45) is 5.23. The molecule has 1 fully saturated rings. The number of hydrogen-bond acceptors (Lipinski definition) is 2. The van der Waals surface area contributed by atoms with E-state index in [1.165, 1.54) is 55.5 Å². The van der Waals surface area contributed by atoms with E-state index in [0.29, 0.717) is 0 Å². The van der Waals surface area contributed by atoms with Crippen LogP contribution in [0.1, 0.15) is 42.4 Å². The van der Waals surface area contributed by atoms with Crippen LogP contribution in [-0.4, -0.2) is 24.5 Å². The summed E-state index contributed by atoms with van der Waals surface area (Å²) in [6, 6.07) is 6.88. The molecule has 1 heterocycles. The Hall–Kier alpha value is -0.860. The maximum Gasteiger partial charge on any atom is 0.0233 e. The van der Waals surface area contributed by atoms with E-state index >= 15 is 0 Å². The van der Waals surface area contributed by atoms with Gasteiger partial charge in [0.05, 0.1) is 0 Å². The van der Waals surface area contributed by atoms with E-state index in [9.17, 15) is 0 Å². The van der Waals surface area contributed by atoms with Gasteiger partial charge in [-0.2, -0.15) is 0 Å². The Morgan fingerprint density at radius 1 is 1.26 bits per heavy atom. The molecule has 2 heteroatoms. The molecule has 2 nitrogen and oxygen atoms in total. The van der Waals surface area contributed by atoms with Crippen molar-refractivity contribution < 1.29 is 0 Å². The highest BCUT2D eigenvalue weighted by atomic mass is 15.1. The lowest BCUT2D eigenvalue weighted by Crippen LogP contribution is -2.35. The van der Waals surface area contributed by atoms with Gasteiger partial charge in [0.25, 0.3) is 0 Å². The Labute approximate surface area is 118 Å². The molecule has 0 bridgehead atoms. The molecule has 0 amide bonds. The molecule has 1 aliphatic heterocycles. The Morgan fingerprint density at radius 3 is 2.84 bits per heavy atom. The third kappa shape index (κ3) is 4.32. The smallest absolute Gasteiger partial charge is 0.0233 e. The summed E-state index contributed by atoms with van der Waals surface area (Å²) >= 11 is 0. The monoisotopic (exact) mass is 260 g/mol. The maximum atomic E-state index is 5.62. The van der Waals surface area contributed by atoms with Gasteiger partial charge < -0.3 is 5.73 Å². The summed E-state index contributed by atoms with van der Waals surface area (Å²) in [5.74, 6) is 0.865. The largest absolute Gasteiger partial charge is 0.330 e. The van der Waals surface area contributed by atoms with Crippen molar-refractivity contribution in [2.45, 2.75) is 46.1 Å². The van der Waals surface area contributed by atoms with Crippen molar-refractivity contribution >= 4 is 0 Å². The fraction of sp³-hybridized carbons (Fsp3) is 0.647.